The summed E-state index contributed by atoms with van der Waals surface area (Å²) in [7, 11) is 0. The number of rotatable bonds is 7. The predicted molar refractivity (Wildman–Crippen MR) is 65.4 cm³/mol. The molecule has 2 N–H and O–H groups in total. The summed E-state index contributed by atoms with van der Waals surface area (Å²) in [6.45, 7) is 1.63. The van der Waals surface area contributed by atoms with E-state index >= 15 is 0 Å². The standard InChI is InChI=1S/C13H19NO4/c15-6-2-5-14(11-3-1-4-11)8-12-7-10(9-18-12)13(16)17/h7,9,11,15H,1-6,8H2,(H,16,17). The first-order valence-electron chi connectivity index (χ1n) is 6.36. The Morgan fingerprint density at radius 1 is 1.50 bits per heavy atom. The van der Waals surface area contributed by atoms with Crippen LogP contribution >= 0.6 is 0 Å². The summed E-state index contributed by atoms with van der Waals surface area (Å²) >= 11 is 0. The van der Waals surface area contributed by atoms with Crippen molar-refractivity contribution in [3.63, 3.8) is 0 Å². The lowest BCUT2D eigenvalue weighted by Crippen LogP contribution is -2.40. The van der Waals surface area contributed by atoms with Crippen molar-refractivity contribution in [1.82, 2.24) is 4.90 Å². The van der Waals surface area contributed by atoms with E-state index in [9.17, 15) is 4.79 Å². The minimum atomic E-state index is -0.962. The number of carbonyl (C=O) groups is 1. The summed E-state index contributed by atoms with van der Waals surface area (Å²) in [6.07, 6.45) is 5.63. The van der Waals surface area contributed by atoms with Crippen molar-refractivity contribution in [2.75, 3.05) is 13.2 Å². The molecule has 1 aliphatic rings. The average Bonchev–Trinajstić information content (AvgIpc) is 2.72. The van der Waals surface area contributed by atoms with Crippen LogP contribution in [0.3, 0.4) is 0 Å². The van der Waals surface area contributed by atoms with Gasteiger partial charge in [-0.15, -0.1) is 0 Å². The summed E-state index contributed by atoms with van der Waals surface area (Å²) in [5.74, 6) is -0.284. The van der Waals surface area contributed by atoms with Crippen molar-refractivity contribution in [3.8, 4) is 0 Å². The Balaban J connectivity index is 1.95. The molecule has 1 fully saturated rings. The van der Waals surface area contributed by atoms with Crippen LogP contribution in [0.25, 0.3) is 0 Å². The molecule has 0 aromatic carbocycles. The van der Waals surface area contributed by atoms with Crippen molar-refractivity contribution >= 4 is 5.97 Å². The number of aromatic carboxylic acids is 1. The molecule has 0 bridgehead atoms. The van der Waals surface area contributed by atoms with E-state index in [0.717, 1.165) is 13.0 Å². The molecule has 1 saturated carbocycles. The minimum Gasteiger partial charge on any atom is -0.478 e. The second-order valence-corrected chi connectivity index (χ2v) is 4.74. The molecule has 0 spiro atoms. The number of carboxylic acids is 1. The van der Waals surface area contributed by atoms with Gasteiger partial charge in [-0.05, 0) is 25.3 Å². The topological polar surface area (TPSA) is 73.9 Å². The van der Waals surface area contributed by atoms with E-state index in [1.807, 2.05) is 0 Å². The third kappa shape index (κ3) is 3.11. The molecule has 2 rings (SSSR count). The van der Waals surface area contributed by atoms with Crippen LogP contribution in [0.2, 0.25) is 0 Å². The zero-order valence-electron chi connectivity index (χ0n) is 10.3. The number of carboxylic acid groups (broad SMARTS) is 1. The second kappa shape index (κ2) is 6.02. The number of nitrogens with zero attached hydrogens (tertiary/aromatic N) is 1. The number of hydrogen-bond acceptors (Lipinski definition) is 4. The Labute approximate surface area is 106 Å². The zero-order chi connectivity index (χ0) is 13.0. The Morgan fingerprint density at radius 3 is 2.78 bits per heavy atom. The fraction of sp³-hybridized carbons (Fsp3) is 0.615. The van der Waals surface area contributed by atoms with Gasteiger partial charge in [0.05, 0.1) is 12.1 Å². The van der Waals surface area contributed by atoms with Crippen LogP contribution in [-0.2, 0) is 6.54 Å². The van der Waals surface area contributed by atoms with Gasteiger partial charge in [0.1, 0.15) is 12.0 Å². The molecule has 1 heterocycles. The summed E-state index contributed by atoms with van der Waals surface area (Å²) in [4.78, 5) is 13.0. The molecule has 0 atom stereocenters. The molecule has 1 aromatic rings. The molecule has 100 valence electrons. The number of aliphatic hydroxyl groups excluding tert-OH is 1. The minimum absolute atomic E-state index is 0.182. The summed E-state index contributed by atoms with van der Waals surface area (Å²) in [6, 6.07) is 2.13. The van der Waals surface area contributed by atoms with Gasteiger partial charge >= 0.3 is 5.97 Å². The van der Waals surface area contributed by atoms with Gasteiger partial charge in [0.2, 0.25) is 0 Å². The molecular formula is C13H19NO4. The SMILES string of the molecule is O=C(O)c1coc(CN(CCCO)C2CCC2)c1. The van der Waals surface area contributed by atoms with Gasteiger partial charge in [0.15, 0.2) is 0 Å². The van der Waals surface area contributed by atoms with E-state index in [4.69, 9.17) is 14.6 Å². The lowest BCUT2D eigenvalue weighted by atomic mass is 9.91. The van der Waals surface area contributed by atoms with E-state index < -0.39 is 5.97 Å². The van der Waals surface area contributed by atoms with Crippen LogP contribution in [-0.4, -0.2) is 40.3 Å². The van der Waals surface area contributed by atoms with E-state index in [2.05, 4.69) is 4.90 Å². The maximum Gasteiger partial charge on any atom is 0.338 e. The number of hydrogen-bond donors (Lipinski definition) is 2. The Kier molecular flexibility index (Phi) is 4.38. The van der Waals surface area contributed by atoms with Crippen LogP contribution in [0.1, 0.15) is 41.8 Å². The first kappa shape index (κ1) is 13.1. The Morgan fingerprint density at radius 2 is 2.28 bits per heavy atom. The van der Waals surface area contributed by atoms with Crippen molar-refractivity contribution in [3.05, 3.63) is 23.7 Å². The van der Waals surface area contributed by atoms with E-state index in [0.29, 0.717) is 18.3 Å². The van der Waals surface area contributed by atoms with Gasteiger partial charge in [0, 0.05) is 19.2 Å². The second-order valence-electron chi connectivity index (χ2n) is 4.74. The largest absolute Gasteiger partial charge is 0.478 e. The monoisotopic (exact) mass is 253 g/mol. The fourth-order valence-electron chi connectivity index (χ4n) is 2.19. The van der Waals surface area contributed by atoms with Gasteiger partial charge in [-0.3, -0.25) is 4.90 Å². The Bertz CT molecular complexity index is 397. The predicted octanol–water partition coefficient (Wildman–Crippen LogP) is 1.71. The summed E-state index contributed by atoms with van der Waals surface area (Å²) in [5, 5.41) is 17.7. The highest BCUT2D eigenvalue weighted by atomic mass is 16.4. The molecule has 1 aromatic heterocycles. The molecule has 0 amide bonds. The molecule has 1 aliphatic carbocycles. The molecule has 5 nitrogen and oxygen atoms in total. The molecule has 18 heavy (non-hydrogen) atoms. The maximum absolute atomic E-state index is 10.8. The van der Waals surface area contributed by atoms with Crippen LogP contribution in [0.15, 0.2) is 16.7 Å². The maximum atomic E-state index is 10.8. The van der Waals surface area contributed by atoms with E-state index in [-0.39, 0.29) is 12.2 Å². The smallest absolute Gasteiger partial charge is 0.338 e. The quantitative estimate of drug-likeness (QED) is 0.774. The van der Waals surface area contributed by atoms with Crippen LogP contribution in [0, 0.1) is 0 Å². The highest BCUT2D eigenvalue weighted by Gasteiger charge is 2.25. The van der Waals surface area contributed by atoms with Gasteiger partial charge < -0.3 is 14.6 Å². The molecule has 5 heteroatoms. The van der Waals surface area contributed by atoms with Crippen LogP contribution in [0.5, 0.6) is 0 Å². The molecule has 0 saturated heterocycles. The van der Waals surface area contributed by atoms with Crippen molar-refractivity contribution < 1.29 is 19.4 Å². The third-order valence-corrected chi connectivity index (χ3v) is 3.45. The van der Waals surface area contributed by atoms with Crippen LogP contribution < -0.4 is 0 Å². The van der Waals surface area contributed by atoms with Gasteiger partial charge in [-0.25, -0.2) is 4.79 Å². The van der Waals surface area contributed by atoms with Crippen molar-refractivity contribution in [2.24, 2.45) is 0 Å². The van der Waals surface area contributed by atoms with E-state index in [1.54, 1.807) is 6.07 Å². The normalized spacial score (nSPS) is 15.9. The first-order chi connectivity index (χ1) is 8.70. The Hall–Kier alpha value is -1.33. The highest BCUT2D eigenvalue weighted by molar-refractivity contribution is 5.87. The van der Waals surface area contributed by atoms with Crippen molar-refractivity contribution in [2.45, 2.75) is 38.3 Å². The van der Waals surface area contributed by atoms with E-state index in [1.165, 1.54) is 25.5 Å². The van der Waals surface area contributed by atoms with Crippen LogP contribution in [0.4, 0.5) is 0 Å². The zero-order valence-corrected chi connectivity index (χ0v) is 10.3. The molecule has 0 radical (unpaired) electrons. The lowest BCUT2D eigenvalue weighted by Gasteiger charge is -2.37. The summed E-state index contributed by atoms with van der Waals surface area (Å²) in [5.41, 5.74) is 0.195. The molecule has 0 unspecified atom stereocenters. The third-order valence-electron chi connectivity index (χ3n) is 3.45. The molecular weight excluding hydrogens is 234 g/mol. The lowest BCUT2D eigenvalue weighted by molar-refractivity contribution is 0.0696. The molecule has 0 aliphatic heterocycles. The highest BCUT2D eigenvalue weighted by Crippen LogP contribution is 2.26. The van der Waals surface area contributed by atoms with Crippen molar-refractivity contribution in [1.29, 1.82) is 0 Å². The first-order valence-corrected chi connectivity index (χ1v) is 6.36. The average molecular weight is 253 g/mol. The fourth-order valence-corrected chi connectivity index (χ4v) is 2.19. The van der Waals surface area contributed by atoms with Gasteiger partial charge in [-0.2, -0.15) is 0 Å². The van der Waals surface area contributed by atoms with Gasteiger partial charge in [0.25, 0.3) is 0 Å². The number of furan rings is 1. The van der Waals surface area contributed by atoms with Gasteiger partial charge in [-0.1, -0.05) is 6.42 Å². The number of aliphatic hydroxyl groups is 1. The summed E-state index contributed by atoms with van der Waals surface area (Å²) < 4.78 is 5.27.